The molecule has 4 aromatic rings. The first-order valence-electron chi connectivity index (χ1n) is 9.19. The maximum Gasteiger partial charge on any atom is 0.349 e. The Bertz CT molecular complexity index is 1270. The van der Waals surface area contributed by atoms with Crippen LogP contribution in [0.4, 0.5) is 5.69 Å². The van der Waals surface area contributed by atoms with Crippen molar-refractivity contribution >= 4 is 17.0 Å². The molecule has 0 atom stereocenters. The summed E-state index contributed by atoms with van der Waals surface area (Å²) in [5.41, 5.74) is 3.21. The van der Waals surface area contributed by atoms with Gasteiger partial charge in [0.05, 0.1) is 17.9 Å². The van der Waals surface area contributed by atoms with E-state index in [2.05, 4.69) is 0 Å². The van der Waals surface area contributed by atoms with Crippen molar-refractivity contribution in [2.75, 3.05) is 0 Å². The lowest BCUT2D eigenvalue weighted by Gasteiger charge is -2.10. The zero-order valence-corrected chi connectivity index (χ0v) is 16.9. The fraction of sp³-hybridized carbons (Fsp3) is 0.130. The lowest BCUT2D eigenvalue weighted by Crippen LogP contribution is -2.18. The highest BCUT2D eigenvalue weighted by molar-refractivity contribution is 7.07. The highest BCUT2D eigenvalue weighted by Gasteiger charge is 2.18. The highest BCUT2D eigenvalue weighted by Crippen LogP contribution is 2.27. The Balaban J connectivity index is 1.92. The zero-order chi connectivity index (χ0) is 20.4. The topological polar surface area (TPSA) is 67.7 Å². The predicted octanol–water partition coefficient (Wildman–Crippen LogP) is 4.77. The Morgan fingerprint density at radius 1 is 1.07 bits per heavy atom. The third kappa shape index (κ3) is 4.07. The van der Waals surface area contributed by atoms with Gasteiger partial charge in [-0.15, -0.1) is 11.3 Å². The molecule has 0 spiro atoms. The quantitative estimate of drug-likeness (QED) is 0.533. The SMILES string of the molecule is Cc1ccc(N=c2scc(-c3c(O)cc(C)oc3=O)n2Cc2ccccc2)cc1. The van der Waals surface area contributed by atoms with Crippen LogP contribution in [0.2, 0.25) is 0 Å². The second-order valence-electron chi connectivity index (χ2n) is 6.83. The van der Waals surface area contributed by atoms with Gasteiger partial charge in [-0.3, -0.25) is 0 Å². The molecule has 0 bridgehead atoms. The van der Waals surface area contributed by atoms with Crippen molar-refractivity contribution in [3.05, 3.63) is 98.2 Å². The summed E-state index contributed by atoms with van der Waals surface area (Å²) < 4.78 is 7.17. The molecule has 0 aliphatic heterocycles. The number of aromatic nitrogens is 1. The maximum absolute atomic E-state index is 12.5. The van der Waals surface area contributed by atoms with E-state index in [9.17, 15) is 9.90 Å². The van der Waals surface area contributed by atoms with Crippen LogP contribution in [0.15, 0.2) is 80.2 Å². The Labute approximate surface area is 171 Å². The van der Waals surface area contributed by atoms with Crippen molar-refractivity contribution in [2.24, 2.45) is 4.99 Å². The highest BCUT2D eigenvalue weighted by atomic mass is 32.1. The van der Waals surface area contributed by atoms with Crippen LogP contribution >= 0.6 is 11.3 Å². The van der Waals surface area contributed by atoms with E-state index in [0.717, 1.165) is 21.6 Å². The first-order valence-corrected chi connectivity index (χ1v) is 10.1. The van der Waals surface area contributed by atoms with Crippen molar-refractivity contribution in [1.29, 1.82) is 0 Å². The van der Waals surface area contributed by atoms with Crippen LogP contribution in [0.5, 0.6) is 5.75 Å². The Kier molecular flexibility index (Phi) is 5.18. The van der Waals surface area contributed by atoms with Gasteiger partial charge in [0.2, 0.25) is 0 Å². The molecule has 146 valence electrons. The molecular formula is C23H20N2O3S. The number of thiazole rings is 1. The summed E-state index contributed by atoms with van der Waals surface area (Å²) in [7, 11) is 0. The van der Waals surface area contributed by atoms with Crippen molar-refractivity contribution in [2.45, 2.75) is 20.4 Å². The van der Waals surface area contributed by atoms with E-state index in [0.29, 0.717) is 18.0 Å². The molecule has 29 heavy (non-hydrogen) atoms. The first kappa shape index (κ1) is 19.0. The largest absolute Gasteiger partial charge is 0.507 e. The minimum absolute atomic E-state index is 0.0970. The van der Waals surface area contributed by atoms with E-state index in [1.54, 1.807) is 6.92 Å². The number of benzene rings is 2. The standard InChI is InChI=1S/C23H20N2O3S/c1-15-8-10-18(11-9-15)24-23-25(13-17-6-4-3-5-7-17)19(14-29-23)21-20(26)12-16(2)28-22(21)27/h3-12,14,26H,13H2,1-2H3. The predicted molar refractivity (Wildman–Crippen MR) is 115 cm³/mol. The summed E-state index contributed by atoms with van der Waals surface area (Å²) in [6.45, 7) is 4.17. The molecule has 6 heteroatoms. The number of nitrogens with zero attached hydrogens (tertiary/aromatic N) is 2. The molecule has 4 rings (SSSR count). The van der Waals surface area contributed by atoms with Crippen molar-refractivity contribution < 1.29 is 9.52 Å². The Hall–Kier alpha value is -3.38. The number of aryl methyl sites for hydroxylation is 2. The number of hydrogen-bond donors (Lipinski definition) is 1. The molecule has 2 aromatic heterocycles. The first-order chi connectivity index (χ1) is 14.0. The number of aromatic hydroxyl groups is 1. The van der Waals surface area contributed by atoms with Gasteiger partial charge in [-0.2, -0.15) is 0 Å². The molecule has 0 amide bonds. The molecule has 0 aliphatic rings. The lowest BCUT2D eigenvalue weighted by molar-refractivity contribution is 0.437. The van der Waals surface area contributed by atoms with E-state index >= 15 is 0 Å². The van der Waals surface area contributed by atoms with Crippen LogP contribution in [-0.4, -0.2) is 9.67 Å². The van der Waals surface area contributed by atoms with Crippen LogP contribution in [0.3, 0.4) is 0 Å². The minimum Gasteiger partial charge on any atom is -0.507 e. The molecule has 1 N–H and O–H groups in total. The molecule has 0 radical (unpaired) electrons. The van der Waals surface area contributed by atoms with E-state index < -0.39 is 5.63 Å². The average Bonchev–Trinajstić information content (AvgIpc) is 3.06. The summed E-state index contributed by atoms with van der Waals surface area (Å²) in [6, 6.07) is 19.3. The number of rotatable bonds is 4. The van der Waals surface area contributed by atoms with Gasteiger partial charge in [-0.1, -0.05) is 48.0 Å². The van der Waals surface area contributed by atoms with Gasteiger partial charge in [0.1, 0.15) is 17.1 Å². The van der Waals surface area contributed by atoms with E-state index in [1.165, 1.54) is 17.4 Å². The van der Waals surface area contributed by atoms with Crippen LogP contribution in [0.25, 0.3) is 11.3 Å². The summed E-state index contributed by atoms with van der Waals surface area (Å²) in [5, 5.41) is 12.3. The molecule has 0 aliphatic carbocycles. The van der Waals surface area contributed by atoms with Crippen LogP contribution < -0.4 is 10.4 Å². The fourth-order valence-corrected chi connectivity index (χ4v) is 4.01. The summed E-state index contributed by atoms with van der Waals surface area (Å²) >= 11 is 1.42. The molecule has 0 fully saturated rings. The second-order valence-corrected chi connectivity index (χ2v) is 7.66. The molecule has 2 heterocycles. The molecule has 0 unspecified atom stereocenters. The van der Waals surface area contributed by atoms with Crippen LogP contribution in [0, 0.1) is 13.8 Å². The van der Waals surface area contributed by atoms with Gasteiger partial charge in [0.25, 0.3) is 0 Å². The zero-order valence-electron chi connectivity index (χ0n) is 16.1. The molecule has 5 nitrogen and oxygen atoms in total. The summed E-state index contributed by atoms with van der Waals surface area (Å²) in [6.07, 6.45) is 0. The van der Waals surface area contributed by atoms with Gasteiger partial charge in [0, 0.05) is 11.4 Å². The van der Waals surface area contributed by atoms with E-state index in [4.69, 9.17) is 9.41 Å². The van der Waals surface area contributed by atoms with E-state index in [-0.39, 0.29) is 11.3 Å². The third-order valence-corrected chi connectivity index (χ3v) is 5.41. The Morgan fingerprint density at radius 2 is 1.79 bits per heavy atom. The fourth-order valence-electron chi connectivity index (χ4n) is 3.10. The molecule has 2 aromatic carbocycles. The maximum atomic E-state index is 12.5. The summed E-state index contributed by atoms with van der Waals surface area (Å²) in [4.78, 5) is 18.0. The van der Waals surface area contributed by atoms with E-state index in [1.807, 2.05) is 71.5 Å². The van der Waals surface area contributed by atoms with Gasteiger partial charge >= 0.3 is 5.63 Å². The molecule has 0 saturated carbocycles. The lowest BCUT2D eigenvalue weighted by atomic mass is 10.1. The van der Waals surface area contributed by atoms with Gasteiger partial charge in [0.15, 0.2) is 4.80 Å². The van der Waals surface area contributed by atoms with Gasteiger partial charge < -0.3 is 14.1 Å². The smallest absolute Gasteiger partial charge is 0.349 e. The minimum atomic E-state index is -0.566. The molecular weight excluding hydrogens is 384 g/mol. The Morgan fingerprint density at radius 3 is 2.48 bits per heavy atom. The molecule has 0 saturated heterocycles. The van der Waals surface area contributed by atoms with Gasteiger partial charge in [-0.05, 0) is 31.5 Å². The van der Waals surface area contributed by atoms with Gasteiger partial charge in [-0.25, -0.2) is 9.79 Å². The average molecular weight is 404 g/mol. The number of hydrogen-bond acceptors (Lipinski definition) is 5. The van der Waals surface area contributed by atoms with Crippen molar-refractivity contribution in [3.63, 3.8) is 0 Å². The van der Waals surface area contributed by atoms with Crippen LogP contribution in [-0.2, 0) is 6.54 Å². The monoisotopic (exact) mass is 404 g/mol. The van der Waals surface area contributed by atoms with Crippen molar-refractivity contribution in [1.82, 2.24) is 4.57 Å². The normalized spacial score (nSPS) is 11.7. The van der Waals surface area contributed by atoms with Crippen LogP contribution in [0.1, 0.15) is 16.9 Å². The van der Waals surface area contributed by atoms with Crippen molar-refractivity contribution in [3.8, 4) is 17.0 Å². The second kappa shape index (κ2) is 7.93. The third-order valence-electron chi connectivity index (χ3n) is 4.55. The summed E-state index contributed by atoms with van der Waals surface area (Å²) in [5.74, 6) is 0.269.